The Hall–Kier alpha value is -7.54. The Morgan fingerprint density at radius 1 is 0.513 bits per heavy atom. The zero-order valence-corrected chi connectivity index (χ0v) is 45.7. The van der Waals surface area contributed by atoms with E-state index in [9.17, 15) is 0 Å². The van der Waals surface area contributed by atoms with Crippen molar-refractivity contribution in [1.82, 2.24) is 0 Å². The summed E-state index contributed by atoms with van der Waals surface area (Å²) in [5, 5.41) is 4.86. The van der Waals surface area contributed by atoms with Crippen LogP contribution in [-0.4, -0.2) is 12.3 Å². The maximum atomic E-state index is 7.33. The minimum absolute atomic E-state index is 0.0359. The molecule has 0 bridgehead atoms. The smallest absolute Gasteiger partial charge is 0.252 e. The summed E-state index contributed by atoms with van der Waals surface area (Å²) >= 11 is 1.91. The van der Waals surface area contributed by atoms with Gasteiger partial charge in [-0.1, -0.05) is 189 Å². The topological polar surface area (TPSA) is 22.9 Å². The molecule has 2 aromatic heterocycles. The average Bonchev–Trinajstić information content (AvgIpc) is 4.20. The van der Waals surface area contributed by atoms with Crippen LogP contribution in [0.3, 0.4) is 0 Å². The number of nitrogens with zero attached hydrogens (tertiary/aromatic N) is 3. The van der Waals surface area contributed by atoms with Crippen LogP contribution in [0.2, 0.25) is 0 Å². The van der Waals surface area contributed by atoms with Gasteiger partial charge in [0.2, 0.25) is 0 Å². The van der Waals surface area contributed by atoms with Crippen LogP contribution >= 0.6 is 11.3 Å². The van der Waals surface area contributed by atoms with E-state index < -0.39 is 0 Å². The molecule has 9 aromatic carbocycles. The third-order valence-electron chi connectivity index (χ3n) is 18.5. The van der Waals surface area contributed by atoms with E-state index >= 15 is 0 Å². The molecule has 11 aromatic rings. The van der Waals surface area contributed by atoms with E-state index in [2.05, 4.69) is 252 Å². The van der Waals surface area contributed by atoms with Gasteiger partial charge < -0.3 is 19.1 Å². The summed E-state index contributed by atoms with van der Waals surface area (Å²) in [6.07, 6.45) is 4.69. The molecule has 0 radical (unpaired) electrons. The van der Waals surface area contributed by atoms with E-state index in [1.807, 2.05) is 11.3 Å². The van der Waals surface area contributed by atoms with E-state index in [1.54, 1.807) is 0 Å². The number of benzene rings is 9. The van der Waals surface area contributed by atoms with Gasteiger partial charge in [-0.05, 0) is 124 Å². The molecule has 0 N–H and O–H groups in total. The molecular weight excluding hydrogens is 942 g/mol. The summed E-state index contributed by atoms with van der Waals surface area (Å²) in [5.74, 6) is 0. The van der Waals surface area contributed by atoms with Crippen molar-refractivity contribution >= 4 is 122 Å². The lowest BCUT2D eigenvalue weighted by Crippen LogP contribution is -2.61. The molecule has 6 heteroatoms. The second kappa shape index (κ2) is 16.0. The predicted molar refractivity (Wildman–Crippen MR) is 326 cm³/mol. The van der Waals surface area contributed by atoms with Crippen LogP contribution in [0, 0.1) is 0 Å². The Balaban J connectivity index is 1.13. The average molecular weight is 1000 g/mol. The number of rotatable bonds is 4. The molecule has 1 fully saturated rings. The largest absolute Gasteiger partial charge is 0.454 e. The van der Waals surface area contributed by atoms with Crippen molar-refractivity contribution in [3.8, 4) is 11.1 Å². The third kappa shape index (κ3) is 6.31. The van der Waals surface area contributed by atoms with Gasteiger partial charge in [0.15, 0.2) is 5.58 Å². The Bertz CT molecular complexity index is 4230. The highest BCUT2D eigenvalue weighted by Gasteiger charge is 2.58. The fraction of sp³-hybridized carbons (Fsp3) is 0.229. The molecule has 2 atom stereocenters. The minimum Gasteiger partial charge on any atom is -0.454 e. The van der Waals surface area contributed by atoms with Crippen LogP contribution in [0.4, 0.5) is 45.5 Å². The number of hydrogen-bond donors (Lipinski definition) is 0. The highest BCUT2D eigenvalue weighted by molar-refractivity contribution is 7.26. The summed E-state index contributed by atoms with van der Waals surface area (Å²) in [6.45, 7) is 19.1. The highest BCUT2D eigenvalue weighted by Crippen LogP contribution is 2.62. The monoisotopic (exact) mass is 1000 g/mol. The maximum Gasteiger partial charge on any atom is 0.252 e. The molecule has 5 heterocycles. The van der Waals surface area contributed by atoms with E-state index in [-0.39, 0.29) is 28.5 Å². The van der Waals surface area contributed by atoms with Crippen molar-refractivity contribution in [3.05, 3.63) is 199 Å². The molecule has 3 aliphatic heterocycles. The number of hydrogen-bond acceptors (Lipinski definition) is 5. The first kappa shape index (κ1) is 45.8. The number of thiophene rings is 1. The molecular formula is C70H62BN3OS. The van der Waals surface area contributed by atoms with Crippen LogP contribution in [-0.2, 0) is 16.2 Å². The third-order valence-corrected chi connectivity index (χ3v) is 19.7. The molecule has 0 amide bonds. The van der Waals surface area contributed by atoms with Gasteiger partial charge in [-0.2, -0.15) is 0 Å². The first-order valence-corrected chi connectivity index (χ1v) is 28.4. The minimum atomic E-state index is -0.174. The van der Waals surface area contributed by atoms with Crippen LogP contribution in [0.5, 0.6) is 0 Å². The fourth-order valence-corrected chi connectivity index (χ4v) is 15.6. The molecule has 4 nitrogen and oxygen atoms in total. The zero-order chi connectivity index (χ0) is 51.6. The lowest BCUT2D eigenvalue weighted by atomic mass is 9.33. The Morgan fingerprint density at radius 3 is 1.97 bits per heavy atom. The van der Waals surface area contributed by atoms with Crippen LogP contribution < -0.4 is 31.1 Å². The molecule has 372 valence electrons. The molecule has 1 saturated carbocycles. The van der Waals surface area contributed by atoms with E-state index in [0.29, 0.717) is 0 Å². The fourth-order valence-electron chi connectivity index (χ4n) is 14.4. The van der Waals surface area contributed by atoms with Gasteiger partial charge >= 0.3 is 0 Å². The lowest BCUT2D eigenvalue weighted by molar-refractivity contribution is 0.195. The van der Waals surface area contributed by atoms with Crippen LogP contribution in [0.1, 0.15) is 97.8 Å². The predicted octanol–water partition coefficient (Wildman–Crippen LogP) is 18.0. The molecule has 0 spiro atoms. The van der Waals surface area contributed by atoms with E-state index in [1.165, 1.54) is 111 Å². The van der Waals surface area contributed by atoms with Crippen molar-refractivity contribution in [2.75, 3.05) is 14.7 Å². The van der Waals surface area contributed by atoms with Gasteiger partial charge in [-0.15, -0.1) is 11.3 Å². The van der Waals surface area contributed by atoms with Crippen molar-refractivity contribution < 1.29 is 4.42 Å². The Kier molecular flexibility index (Phi) is 9.65. The molecule has 1 aliphatic carbocycles. The van der Waals surface area contributed by atoms with Crippen molar-refractivity contribution in [3.63, 3.8) is 0 Å². The SMILES string of the molecule is CC(C)(C)c1ccc2c(c1)B1c3ccc4c(oc5ccccc54)c3N(c3ccc(C(C)(C)C)cc3-c3ccccc3)c3cc(N4c5ccccc5C5(C)CCCCC45C)cc(c31)N2c1cccc2c1sc1ccccc12. The van der Waals surface area contributed by atoms with Crippen LogP contribution in [0.25, 0.3) is 53.2 Å². The highest BCUT2D eigenvalue weighted by atomic mass is 32.1. The summed E-state index contributed by atoms with van der Waals surface area (Å²) in [6, 6.07) is 69.7. The second-order valence-corrected chi connectivity index (χ2v) is 25.8. The molecule has 2 unspecified atom stereocenters. The molecule has 4 aliphatic rings. The summed E-state index contributed by atoms with van der Waals surface area (Å²) in [7, 11) is 0. The van der Waals surface area contributed by atoms with Crippen LogP contribution in [0.15, 0.2) is 186 Å². The number of para-hydroxylation sites is 2. The quantitative estimate of drug-likeness (QED) is 0.164. The van der Waals surface area contributed by atoms with Gasteiger partial charge in [0.05, 0.1) is 27.3 Å². The first-order valence-electron chi connectivity index (χ1n) is 27.6. The lowest BCUT2D eigenvalue weighted by Gasteiger charge is -2.51. The Labute approximate surface area is 451 Å². The molecule has 0 saturated heterocycles. The van der Waals surface area contributed by atoms with Gasteiger partial charge in [0, 0.05) is 65.7 Å². The standard InChI is InChI=1S/C70H62BN3OS/c1-67(2,3)44-31-35-55(51(39-44)43-21-10-9-11-22-43)73-60-42-46(74-56-27-15-14-26-52(56)69(7)37-18-19-38-70(69,74)8)41-59-63(60)71(53-34-33-49-47-23-12-16-29-61(47)75-65(49)64(53)73)54-40-45(68(4,5)6)32-36-57(54)72(59)58-28-20-25-50-48-24-13-17-30-62(48)76-66(50)58/h9-17,20-36,39-42H,18-19,37-38H2,1-8H3. The van der Waals surface area contributed by atoms with Gasteiger partial charge in [-0.25, -0.2) is 0 Å². The first-order chi connectivity index (χ1) is 36.7. The Morgan fingerprint density at radius 2 is 1.17 bits per heavy atom. The molecule has 76 heavy (non-hydrogen) atoms. The van der Waals surface area contributed by atoms with Crippen molar-refractivity contribution in [1.29, 1.82) is 0 Å². The molecule has 15 rings (SSSR count). The maximum absolute atomic E-state index is 7.33. The van der Waals surface area contributed by atoms with Crippen molar-refractivity contribution in [2.24, 2.45) is 0 Å². The van der Waals surface area contributed by atoms with E-state index in [0.717, 1.165) is 46.2 Å². The zero-order valence-electron chi connectivity index (χ0n) is 44.9. The van der Waals surface area contributed by atoms with Gasteiger partial charge in [0.25, 0.3) is 6.71 Å². The number of fused-ring (bicyclic) bond motifs is 14. The summed E-state index contributed by atoms with van der Waals surface area (Å²) in [5.41, 5.74) is 21.4. The van der Waals surface area contributed by atoms with Crippen molar-refractivity contribution in [2.45, 2.75) is 103 Å². The van der Waals surface area contributed by atoms with Gasteiger partial charge in [-0.3, -0.25) is 0 Å². The summed E-state index contributed by atoms with van der Waals surface area (Å²) in [4.78, 5) is 8.11. The number of furan rings is 1. The number of anilines is 8. The second-order valence-electron chi connectivity index (χ2n) is 24.8. The van der Waals surface area contributed by atoms with Gasteiger partial charge in [0.1, 0.15) is 5.58 Å². The summed E-state index contributed by atoms with van der Waals surface area (Å²) < 4.78 is 9.93. The van der Waals surface area contributed by atoms with E-state index in [4.69, 9.17) is 4.42 Å². The normalized spacial score (nSPS) is 18.8.